The van der Waals surface area contributed by atoms with Crippen molar-refractivity contribution in [3.8, 4) is 10.6 Å². The van der Waals surface area contributed by atoms with Crippen molar-refractivity contribution in [3.63, 3.8) is 0 Å². The van der Waals surface area contributed by atoms with Gasteiger partial charge < -0.3 is 14.2 Å². The molecule has 30 heavy (non-hydrogen) atoms. The lowest BCUT2D eigenvalue weighted by Gasteiger charge is -2.43. The summed E-state index contributed by atoms with van der Waals surface area (Å²) >= 11 is 1.81. The van der Waals surface area contributed by atoms with Crippen molar-refractivity contribution in [3.05, 3.63) is 47.6 Å². The van der Waals surface area contributed by atoms with E-state index in [0.29, 0.717) is 0 Å². The molecule has 0 bridgehead atoms. The third kappa shape index (κ3) is 2.80. The Morgan fingerprint density at radius 2 is 2.00 bits per heavy atom. The molecule has 0 radical (unpaired) electrons. The van der Waals surface area contributed by atoms with Gasteiger partial charge in [-0.15, -0.1) is 11.3 Å². The molecule has 2 aliphatic rings. The van der Waals surface area contributed by atoms with Crippen molar-refractivity contribution in [2.45, 2.75) is 24.9 Å². The van der Waals surface area contributed by atoms with Crippen LogP contribution < -0.4 is 4.90 Å². The Morgan fingerprint density at radius 1 is 1.10 bits per heavy atom. The van der Waals surface area contributed by atoms with Crippen molar-refractivity contribution >= 4 is 28.4 Å². The summed E-state index contributed by atoms with van der Waals surface area (Å²) in [5, 5.41) is 0. The summed E-state index contributed by atoms with van der Waals surface area (Å²) in [4.78, 5) is 27.1. The number of rotatable bonds is 2. The van der Waals surface area contributed by atoms with Crippen molar-refractivity contribution < 1.29 is 4.74 Å². The maximum absolute atomic E-state index is 6.43. The van der Waals surface area contributed by atoms with Gasteiger partial charge in [-0.2, -0.15) is 4.98 Å². The second-order valence-corrected chi connectivity index (χ2v) is 8.92. The highest BCUT2D eigenvalue weighted by Crippen LogP contribution is 2.47. The Morgan fingerprint density at radius 3 is 2.83 bits per heavy atom. The molecule has 1 fully saturated rings. The maximum atomic E-state index is 6.43. The number of hydrogen-bond acceptors (Lipinski definition) is 8. The molecule has 0 saturated carbocycles. The van der Waals surface area contributed by atoms with E-state index in [1.54, 1.807) is 30.1 Å². The molecule has 8 nitrogen and oxygen atoms in total. The van der Waals surface area contributed by atoms with E-state index in [0.717, 1.165) is 61.8 Å². The van der Waals surface area contributed by atoms with Gasteiger partial charge in [0.2, 0.25) is 5.95 Å². The summed E-state index contributed by atoms with van der Waals surface area (Å²) in [6, 6.07) is 2.28. The Bertz CT molecular complexity index is 1210. The zero-order chi connectivity index (χ0) is 20.1. The molecular formula is C21H21N7OS. The fourth-order valence-electron chi connectivity index (χ4n) is 4.47. The molecule has 0 amide bonds. The number of fused-ring (bicyclic) bond motifs is 3. The van der Waals surface area contributed by atoms with Crippen molar-refractivity contribution in [2.24, 2.45) is 7.05 Å². The van der Waals surface area contributed by atoms with Crippen molar-refractivity contribution in [2.75, 3.05) is 24.6 Å². The van der Waals surface area contributed by atoms with E-state index in [4.69, 9.17) is 4.74 Å². The minimum atomic E-state index is -0.218. The number of ether oxygens (including phenoxy) is 1. The summed E-state index contributed by atoms with van der Waals surface area (Å²) in [5.74, 6) is 0.749. The Kier molecular flexibility index (Phi) is 4.07. The van der Waals surface area contributed by atoms with Gasteiger partial charge in [0.05, 0.1) is 35.9 Å². The number of piperidine rings is 1. The molecule has 152 valence electrons. The van der Waals surface area contributed by atoms with Crippen LogP contribution in [0.25, 0.3) is 21.7 Å². The van der Waals surface area contributed by atoms with Crippen LogP contribution in [0.4, 0.5) is 5.95 Å². The molecule has 1 spiro atoms. The van der Waals surface area contributed by atoms with Crippen LogP contribution in [0.1, 0.15) is 23.3 Å². The molecule has 6 heterocycles. The van der Waals surface area contributed by atoms with Crippen LogP contribution in [0.15, 0.2) is 37.2 Å². The molecule has 4 aromatic rings. The second kappa shape index (κ2) is 6.82. The quantitative estimate of drug-likeness (QED) is 0.494. The van der Waals surface area contributed by atoms with Gasteiger partial charge in [0.15, 0.2) is 5.65 Å². The summed E-state index contributed by atoms with van der Waals surface area (Å²) in [6.45, 7) is 2.48. The zero-order valence-corrected chi connectivity index (χ0v) is 17.5. The second-order valence-electron chi connectivity index (χ2n) is 7.87. The van der Waals surface area contributed by atoms with Crippen LogP contribution in [0.5, 0.6) is 0 Å². The molecule has 9 heteroatoms. The summed E-state index contributed by atoms with van der Waals surface area (Å²) < 4.78 is 8.37. The molecule has 1 saturated heterocycles. The molecule has 0 unspecified atom stereocenters. The summed E-state index contributed by atoms with van der Waals surface area (Å²) in [5.41, 5.74) is 3.80. The SMILES string of the molecule is Cn1cnc2nc(N3CCC4(CC3)OCCc3cc(-c5cnccn5)sc34)ncc21. The van der Waals surface area contributed by atoms with E-state index in [-0.39, 0.29) is 5.60 Å². The summed E-state index contributed by atoms with van der Waals surface area (Å²) in [7, 11) is 1.96. The first-order valence-electron chi connectivity index (χ1n) is 10.1. The average molecular weight is 420 g/mol. The third-order valence-electron chi connectivity index (χ3n) is 6.11. The lowest BCUT2D eigenvalue weighted by Crippen LogP contribution is -2.46. The van der Waals surface area contributed by atoms with Gasteiger partial charge in [0.25, 0.3) is 0 Å². The Balaban J connectivity index is 1.27. The standard InChI is InChI=1S/C21H21N7OS/c1-27-13-25-19-16(27)12-24-20(26-19)28-7-3-21(4-8-28)18-14(2-9-29-21)10-17(30-18)15-11-22-5-6-23-15/h5-6,10-13H,2-4,7-9H2,1H3. The number of anilines is 1. The normalized spacial score (nSPS) is 18.1. The van der Waals surface area contributed by atoms with Gasteiger partial charge in [-0.25, -0.2) is 9.97 Å². The largest absolute Gasteiger partial charge is 0.369 e. The van der Waals surface area contributed by atoms with Crippen LogP contribution in [0.3, 0.4) is 0 Å². The molecule has 4 aromatic heterocycles. The minimum absolute atomic E-state index is 0.218. The monoisotopic (exact) mass is 419 g/mol. The van der Waals surface area contributed by atoms with Gasteiger partial charge in [0.1, 0.15) is 11.1 Å². The molecule has 2 aliphatic heterocycles. The number of nitrogens with zero attached hydrogens (tertiary/aromatic N) is 7. The van der Waals surface area contributed by atoms with Gasteiger partial charge in [-0.05, 0) is 30.9 Å². The van der Waals surface area contributed by atoms with Crippen LogP contribution in [-0.4, -0.2) is 49.2 Å². The zero-order valence-electron chi connectivity index (χ0n) is 16.7. The number of aromatic nitrogens is 6. The first kappa shape index (κ1) is 17.9. The van der Waals surface area contributed by atoms with Crippen LogP contribution in [-0.2, 0) is 23.8 Å². The number of thiophene rings is 1. The highest BCUT2D eigenvalue weighted by Gasteiger charge is 2.43. The fraction of sp³-hybridized carbons (Fsp3) is 0.381. The Labute approximate surface area is 177 Å². The number of aryl methyl sites for hydroxylation is 1. The van der Waals surface area contributed by atoms with Gasteiger partial charge in [0, 0.05) is 37.4 Å². The van der Waals surface area contributed by atoms with Gasteiger partial charge in [-0.3, -0.25) is 9.97 Å². The van der Waals surface area contributed by atoms with E-state index >= 15 is 0 Å². The minimum Gasteiger partial charge on any atom is -0.369 e. The van der Waals surface area contributed by atoms with E-state index in [9.17, 15) is 0 Å². The predicted octanol–water partition coefficient (Wildman–Crippen LogP) is 2.95. The molecule has 6 rings (SSSR count). The molecule has 0 atom stereocenters. The third-order valence-corrected chi connectivity index (χ3v) is 7.50. The molecular weight excluding hydrogens is 398 g/mol. The average Bonchev–Trinajstić information content (AvgIpc) is 3.40. The smallest absolute Gasteiger partial charge is 0.227 e. The van der Waals surface area contributed by atoms with Crippen LogP contribution >= 0.6 is 11.3 Å². The van der Waals surface area contributed by atoms with E-state index in [1.165, 1.54) is 15.3 Å². The summed E-state index contributed by atoms with van der Waals surface area (Å²) in [6.07, 6.45) is 11.7. The van der Waals surface area contributed by atoms with Crippen molar-refractivity contribution in [1.82, 2.24) is 29.5 Å². The van der Waals surface area contributed by atoms with Gasteiger partial charge in [-0.1, -0.05) is 0 Å². The van der Waals surface area contributed by atoms with E-state index in [1.807, 2.05) is 24.0 Å². The first-order valence-corrected chi connectivity index (χ1v) is 11.0. The first-order chi connectivity index (χ1) is 14.7. The molecule has 0 N–H and O–H groups in total. The maximum Gasteiger partial charge on any atom is 0.227 e. The number of hydrogen-bond donors (Lipinski definition) is 0. The van der Waals surface area contributed by atoms with Crippen molar-refractivity contribution in [1.29, 1.82) is 0 Å². The van der Waals surface area contributed by atoms with E-state index < -0.39 is 0 Å². The Hall–Kier alpha value is -2.91. The lowest BCUT2D eigenvalue weighted by atomic mass is 9.85. The van der Waals surface area contributed by atoms with E-state index in [2.05, 4.69) is 35.9 Å². The molecule has 0 aliphatic carbocycles. The lowest BCUT2D eigenvalue weighted by molar-refractivity contribution is -0.0736. The highest BCUT2D eigenvalue weighted by molar-refractivity contribution is 7.15. The fourth-order valence-corrected chi connectivity index (χ4v) is 5.84. The van der Waals surface area contributed by atoms with Crippen LogP contribution in [0, 0.1) is 0 Å². The van der Waals surface area contributed by atoms with Crippen LogP contribution in [0.2, 0.25) is 0 Å². The van der Waals surface area contributed by atoms with Gasteiger partial charge >= 0.3 is 0 Å². The predicted molar refractivity (Wildman–Crippen MR) is 114 cm³/mol. The topological polar surface area (TPSA) is 81.9 Å². The highest BCUT2D eigenvalue weighted by atomic mass is 32.1. The number of imidazole rings is 1. The molecule has 0 aromatic carbocycles.